The fourth-order valence-corrected chi connectivity index (χ4v) is 4.17. The highest BCUT2D eigenvalue weighted by Gasteiger charge is 2.25. The summed E-state index contributed by atoms with van der Waals surface area (Å²) in [6.45, 7) is -0.152. The number of likely N-dealkylation sites (N-methyl/N-ethyl adjacent to an activating group) is 1. The molecule has 8 nitrogen and oxygen atoms in total. The van der Waals surface area contributed by atoms with Crippen LogP contribution in [0.15, 0.2) is 59.5 Å². The highest BCUT2D eigenvalue weighted by atomic mass is 32.2. The zero-order valence-electron chi connectivity index (χ0n) is 16.8. The highest BCUT2D eigenvalue weighted by molar-refractivity contribution is 7.98. The summed E-state index contributed by atoms with van der Waals surface area (Å²) >= 11 is 1.52. The van der Waals surface area contributed by atoms with Gasteiger partial charge in [0.05, 0.1) is 4.90 Å². The van der Waals surface area contributed by atoms with Crippen molar-refractivity contribution in [3.05, 3.63) is 54.6 Å². The van der Waals surface area contributed by atoms with E-state index in [0.29, 0.717) is 23.6 Å². The van der Waals surface area contributed by atoms with Crippen molar-refractivity contribution in [3.8, 4) is 5.75 Å². The van der Waals surface area contributed by atoms with Gasteiger partial charge < -0.3 is 15.4 Å². The van der Waals surface area contributed by atoms with Crippen molar-refractivity contribution in [2.45, 2.75) is 17.4 Å². The van der Waals surface area contributed by atoms with E-state index in [1.165, 1.54) is 30.9 Å². The van der Waals surface area contributed by atoms with E-state index in [4.69, 9.17) is 4.74 Å². The molecule has 2 rings (SSSR count). The third kappa shape index (κ3) is 7.36. The second-order valence-corrected chi connectivity index (χ2v) is 8.95. The number of hydrogen-bond donors (Lipinski definition) is 3. The molecule has 162 valence electrons. The van der Waals surface area contributed by atoms with Crippen molar-refractivity contribution in [1.29, 1.82) is 0 Å². The number of anilines is 1. The molecule has 0 aliphatic heterocycles. The summed E-state index contributed by atoms with van der Waals surface area (Å²) in [5.41, 5.74) is 0.433. The van der Waals surface area contributed by atoms with Crippen molar-refractivity contribution in [1.82, 2.24) is 10.0 Å². The van der Waals surface area contributed by atoms with Gasteiger partial charge in [-0.15, -0.1) is 0 Å². The molecule has 2 amide bonds. The van der Waals surface area contributed by atoms with Crippen LogP contribution in [0.5, 0.6) is 5.75 Å². The van der Waals surface area contributed by atoms with Crippen LogP contribution in [-0.4, -0.2) is 51.9 Å². The van der Waals surface area contributed by atoms with Crippen LogP contribution in [0.2, 0.25) is 0 Å². The Hall–Kier alpha value is -2.56. The number of carbonyl (C=O) groups is 2. The van der Waals surface area contributed by atoms with Gasteiger partial charge in [0, 0.05) is 18.8 Å². The molecule has 0 heterocycles. The average molecular weight is 452 g/mol. The predicted molar refractivity (Wildman–Crippen MR) is 118 cm³/mol. The number of nitrogens with one attached hydrogen (secondary N) is 3. The van der Waals surface area contributed by atoms with E-state index < -0.39 is 22.0 Å². The molecule has 0 aliphatic carbocycles. The smallest absolute Gasteiger partial charge is 0.257 e. The van der Waals surface area contributed by atoms with Gasteiger partial charge in [-0.25, -0.2) is 8.42 Å². The Morgan fingerprint density at radius 2 is 1.83 bits per heavy atom. The van der Waals surface area contributed by atoms with Crippen LogP contribution >= 0.6 is 11.8 Å². The molecule has 3 N–H and O–H groups in total. The maximum Gasteiger partial charge on any atom is 0.257 e. The van der Waals surface area contributed by atoms with Gasteiger partial charge in [-0.05, 0) is 42.7 Å². The van der Waals surface area contributed by atoms with Crippen LogP contribution < -0.4 is 20.1 Å². The van der Waals surface area contributed by atoms with Gasteiger partial charge in [-0.3, -0.25) is 9.59 Å². The van der Waals surface area contributed by atoms with Crippen molar-refractivity contribution >= 4 is 39.3 Å². The highest BCUT2D eigenvalue weighted by Crippen LogP contribution is 2.18. The summed E-state index contributed by atoms with van der Waals surface area (Å²) in [5.74, 6) is 0.246. The Balaban J connectivity index is 2.11. The number of benzene rings is 2. The fraction of sp³-hybridized carbons (Fsp3) is 0.300. The number of amides is 2. The predicted octanol–water partition coefficient (Wildman–Crippen LogP) is 1.85. The Labute approximate surface area is 180 Å². The lowest BCUT2D eigenvalue weighted by molar-refractivity contribution is -0.122. The fourth-order valence-electron chi connectivity index (χ4n) is 2.45. The first-order chi connectivity index (χ1) is 14.4. The lowest BCUT2D eigenvalue weighted by atomic mass is 10.2. The quantitative estimate of drug-likeness (QED) is 0.481. The van der Waals surface area contributed by atoms with Gasteiger partial charge in [-0.1, -0.05) is 24.3 Å². The van der Waals surface area contributed by atoms with Crippen molar-refractivity contribution in [3.63, 3.8) is 0 Å². The van der Waals surface area contributed by atoms with Gasteiger partial charge in [-0.2, -0.15) is 16.5 Å². The first-order valence-electron chi connectivity index (χ1n) is 9.16. The molecule has 10 heteroatoms. The Kier molecular flexibility index (Phi) is 9.15. The lowest BCUT2D eigenvalue weighted by Gasteiger charge is -2.18. The lowest BCUT2D eigenvalue weighted by Crippen LogP contribution is -2.44. The first kappa shape index (κ1) is 23.7. The zero-order valence-corrected chi connectivity index (χ0v) is 18.4. The van der Waals surface area contributed by atoms with E-state index in [1.807, 2.05) is 6.26 Å². The van der Waals surface area contributed by atoms with Crippen molar-refractivity contribution in [2.24, 2.45) is 0 Å². The first-order valence-corrected chi connectivity index (χ1v) is 12.0. The zero-order chi connectivity index (χ0) is 22.0. The van der Waals surface area contributed by atoms with E-state index in [1.54, 1.807) is 42.5 Å². The topological polar surface area (TPSA) is 114 Å². The summed E-state index contributed by atoms with van der Waals surface area (Å²) in [5, 5.41) is 5.16. The van der Waals surface area contributed by atoms with E-state index in [0.717, 1.165) is 0 Å². The van der Waals surface area contributed by atoms with E-state index in [2.05, 4.69) is 15.4 Å². The summed E-state index contributed by atoms with van der Waals surface area (Å²) < 4.78 is 33.1. The van der Waals surface area contributed by atoms with Crippen LogP contribution in [0.4, 0.5) is 5.69 Å². The monoisotopic (exact) mass is 451 g/mol. The van der Waals surface area contributed by atoms with Gasteiger partial charge in [0.2, 0.25) is 15.9 Å². The van der Waals surface area contributed by atoms with Crippen LogP contribution in [0, 0.1) is 0 Å². The standard InChI is InChI=1S/C20H25N3O5S2/c1-21-19(24)14-28-16-8-6-7-15(13-16)22-20(25)18(11-12-29-2)23-30(26,27)17-9-4-3-5-10-17/h3-10,13,18,23H,11-12,14H2,1-2H3,(H,21,24)(H,22,25). The van der Waals surface area contributed by atoms with Crippen LogP contribution in [0.25, 0.3) is 0 Å². The molecule has 30 heavy (non-hydrogen) atoms. The minimum absolute atomic E-state index is 0.0940. The van der Waals surface area contributed by atoms with E-state index in [-0.39, 0.29) is 17.4 Å². The second-order valence-electron chi connectivity index (χ2n) is 6.25. The molecule has 0 saturated heterocycles. The van der Waals surface area contributed by atoms with E-state index in [9.17, 15) is 18.0 Å². The van der Waals surface area contributed by atoms with Crippen molar-refractivity contribution in [2.75, 3.05) is 31.0 Å². The summed E-state index contributed by atoms with van der Waals surface area (Å²) in [6, 6.07) is 13.5. The Bertz CT molecular complexity index is 952. The molecular formula is C20H25N3O5S2. The molecule has 0 radical (unpaired) electrons. The van der Waals surface area contributed by atoms with Gasteiger partial charge in [0.1, 0.15) is 11.8 Å². The minimum atomic E-state index is -3.85. The molecule has 0 saturated carbocycles. The molecule has 0 spiro atoms. The number of sulfonamides is 1. The Morgan fingerprint density at radius 1 is 1.10 bits per heavy atom. The van der Waals surface area contributed by atoms with Gasteiger partial charge in [0.25, 0.3) is 5.91 Å². The number of carbonyl (C=O) groups excluding carboxylic acids is 2. The van der Waals surface area contributed by atoms with Crippen molar-refractivity contribution < 1.29 is 22.7 Å². The molecular weight excluding hydrogens is 426 g/mol. The molecule has 0 bridgehead atoms. The molecule has 1 atom stereocenters. The Morgan fingerprint density at radius 3 is 2.50 bits per heavy atom. The maximum atomic E-state index is 12.8. The molecule has 0 aliphatic rings. The molecule has 1 unspecified atom stereocenters. The number of ether oxygens (including phenoxy) is 1. The van der Waals surface area contributed by atoms with Crippen LogP contribution in [0.1, 0.15) is 6.42 Å². The maximum absolute atomic E-state index is 12.8. The summed E-state index contributed by atoms with van der Waals surface area (Å²) in [4.78, 5) is 24.2. The third-order valence-corrected chi connectivity index (χ3v) is 6.16. The molecule has 2 aromatic rings. The summed E-state index contributed by atoms with van der Waals surface area (Å²) in [6.07, 6.45) is 2.21. The summed E-state index contributed by atoms with van der Waals surface area (Å²) in [7, 11) is -2.34. The largest absolute Gasteiger partial charge is 0.484 e. The normalized spacial score (nSPS) is 12.1. The van der Waals surface area contributed by atoms with Gasteiger partial charge in [0.15, 0.2) is 6.61 Å². The SMILES string of the molecule is CNC(=O)COc1cccc(NC(=O)C(CCSC)NS(=O)(=O)c2ccccc2)c1. The third-order valence-electron chi connectivity index (χ3n) is 4.03. The average Bonchev–Trinajstić information content (AvgIpc) is 2.75. The second kappa shape index (κ2) is 11.6. The molecule has 0 aromatic heterocycles. The van der Waals surface area contributed by atoms with Crippen LogP contribution in [0.3, 0.4) is 0 Å². The van der Waals surface area contributed by atoms with Crippen LogP contribution in [-0.2, 0) is 19.6 Å². The number of hydrogen-bond acceptors (Lipinski definition) is 6. The number of thioether (sulfide) groups is 1. The van der Waals surface area contributed by atoms with E-state index >= 15 is 0 Å². The molecule has 0 fully saturated rings. The van der Waals surface area contributed by atoms with Gasteiger partial charge >= 0.3 is 0 Å². The minimum Gasteiger partial charge on any atom is -0.484 e. The number of rotatable bonds is 11. The molecule has 2 aromatic carbocycles.